The number of unbranched alkanes of at least 4 members (excludes halogenated alkanes) is 1. The smallest absolute Gasteiger partial charge is 0.239 e. The molecule has 0 aromatic rings. The Labute approximate surface area is 79.5 Å². The Balaban J connectivity index is 2.32. The van der Waals surface area contributed by atoms with Crippen LogP contribution in [0.4, 0.5) is 0 Å². The van der Waals surface area contributed by atoms with E-state index in [1.54, 1.807) is 0 Å². The van der Waals surface area contributed by atoms with Gasteiger partial charge in [-0.2, -0.15) is 0 Å². The fourth-order valence-electron chi connectivity index (χ4n) is 1.48. The molecule has 0 aromatic heterocycles. The average Bonchev–Trinajstić information content (AvgIpc) is 2.13. The van der Waals surface area contributed by atoms with Crippen LogP contribution in [-0.4, -0.2) is 36.5 Å². The second kappa shape index (κ2) is 4.88. The highest BCUT2D eigenvalue weighted by atomic mass is 16.2. The molecular formula is C10H16N2O. The number of nitrogens with one attached hydrogen (secondary N) is 1. The van der Waals surface area contributed by atoms with E-state index in [1.165, 1.54) is 0 Å². The first-order valence-corrected chi connectivity index (χ1v) is 4.71. The number of piperazine rings is 1. The molecule has 0 bridgehead atoms. The Morgan fingerprint density at radius 2 is 2.54 bits per heavy atom. The summed E-state index contributed by atoms with van der Waals surface area (Å²) in [5.41, 5.74) is 0. The number of hydrogen-bond donors (Lipinski definition) is 1. The van der Waals surface area contributed by atoms with E-state index in [0.29, 0.717) is 0 Å². The SMILES string of the molecule is C#CCCCN1CCNC(C)C1=O. The van der Waals surface area contributed by atoms with Crippen molar-refractivity contribution < 1.29 is 4.79 Å². The highest BCUT2D eigenvalue weighted by Gasteiger charge is 2.23. The van der Waals surface area contributed by atoms with E-state index >= 15 is 0 Å². The lowest BCUT2D eigenvalue weighted by Crippen LogP contribution is -2.53. The van der Waals surface area contributed by atoms with E-state index in [-0.39, 0.29) is 11.9 Å². The van der Waals surface area contributed by atoms with Crippen molar-refractivity contribution in [2.24, 2.45) is 0 Å². The van der Waals surface area contributed by atoms with Gasteiger partial charge in [0.15, 0.2) is 0 Å². The highest BCUT2D eigenvalue weighted by Crippen LogP contribution is 2.02. The number of nitrogens with zero attached hydrogens (tertiary/aromatic N) is 1. The summed E-state index contributed by atoms with van der Waals surface area (Å²) in [7, 11) is 0. The number of hydrogen-bond acceptors (Lipinski definition) is 2. The van der Waals surface area contributed by atoms with Crippen LogP contribution >= 0.6 is 0 Å². The van der Waals surface area contributed by atoms with E-state index in [2.05, 4.69) is 11.2 Å². The zero-order valence-electron chi connectivity index (χ0n) is 8.05. The number of carbonyl (C=O) groups is 1. The first-order valence-electron chi connectivity index (χ1n) is 4.71. The largest absolute Gasteiger partial charge is 0.340 e. The summed E-state index contributed by atoms with van der Waals surface area (Å²) in [5.74, 6) is 2.78. The van der Waals surface area contributed by atoms with Crippen LogP contribution in [0.3, 0.4) is 0 Å². The van der Waals surface area contributed by atoms with Crippen LogP contribution < -0.4 is 5.32 Å². The minimum Gasteiger partial charge on any atom is -0.340 e. The Morgan fingerprint density at radius 1 is 1.77 bits per heavy atom. The Morgan fingerprint density at radius 3 is 3.23 bits per heavy atom. The van der Waals surface area contributed by atoms with Gasteiger partial charge in [0.1, 0.15) is 0 Å². The van der Waals surface area contributed by atoms with Crippen LogP contribution in [0, 0.1) is 12.3 Å². The molecule has 0 aromatic carbocycles. The summed E-state index contributed by atoms with van der Waals surface area (Å²) in [6.07, 6.45) is 6.81. The number of carbonyl (C=O) groups excluding carboxylic acids is 1. The number of amides is 1. The van der Waals surface area contributed by atoms with Gasteiger partial charge in [-0.15, -0.1) is 12.3 Å². The highest BCUT2D eigenvalue weighted by molar-refractivity contribution is 5.82. The molecule has 1 aliphatic heterocycles. The Bertz CT molecular complexity index is 219. The maximum absolute atomic E-state index is 11.5. The molecule has 0 spiro atoms. The first kappa shape index (κ1) is 10.1. The first-order chi connectivity index (χ1) is 6.25. The van der Waals surface area contributed by atoms with Gasteiger partial charge in [0.25, 0.3) is 0 Å². The van der Waals surface area contributed by atoms with Crippen LogP contribution in [0.25, 0.3) is 0 Å². The maximum Gasteiger partial charge on any atom is 0.239 e. The fourth-order valence-corrected chi connectivity index (χ4v) is 1.48. The molecule has 1 N–H and O–H groups in total. The van der Waals surface area contributed by atoms with Crippen molar-refractivity contribution in [2.75, 3.05) is 19.6 Å². The Kier molecular flexibility index (Phi) is 3.78. The summed E-state index contributed by atoms with van der Waals surface area (Å²) in [5, 5.41) is 3.12. The maximum atomic E-state index is 11.5. The van der Waals surface area contributed by atoms with E-state index in [9.17, 15) is 4.79 Å². The van der Waals surface area contributed by atoms with Crippen LogP contribution in [0.15, 0.2) is 0 Å². The van der Waals surface area contributed by atoms with Crippen LogP contribution in [0.5, 0.6) is 0 Å². The normalized spacial score (nSPS) is 22.9. The van der Waals surface area contributed by atoms with Crippen molar-refractivity contribution in [3.63, 3.8) is 0 Å². The third kappa shape index (κ3) is 2.74. The van der Waals surface area contributed by atoms with Crippen LogP contribution in [0.2, 0.25) is 0 Å². The lowest BCUT2D eigenvalue weighted by atomic mass is 10.2. The quantitative estimate of drug-likeness (QED) is 0.498. The van der Waals surface area contributed by atoms with E-state index in [1.807, 2.05) is 11.8 Å². The van der Waals surface area contributed by atoms with Crippen molar-refractivity contribution >= 4 is 5.91 Å². The van der Waals surface area contributed by atoms with Gasteiger partial charge in [0, 0.05) is 26.1 Å². The average molecular weight is 180 g/mol. The molecule has 72 valence electrons. The van der Waals surface area contributed by atoms with Crippen LogP contribution in [-0.2, 0) is 4.79 Å². The summed E-state index contributed by atoms with van der Waals surface area (Å²) in [4.78, 5) is 13.4. The predicted octanol–water partition coefficient (Wildman–Crippen LogP) is 0.220. The lowest BCUT2D eigenvalue weighted by molar-refractivity contribution is -0.135. The minimum absolute atomic E-state index is 0.0282. The van der Waals surface area contributed by atoms with Crippen molar-refractivity contribution in [1.82, 2.24) is 10.2 Å². The molecule has 1 unspecified atom stereocenters. The van der Waals surface area contributed by atoms with E-state index in [4.69, 9.17) is 6.42 Å². The molecule has 1 aliphatic rings. The summed E-state index contributed by atoms with van der Waals surface area (Å²) in [6, 6.07) is -0.0282. The van der Waals surface area contributed by atoms with Crippen LogP contribution in [0.1, 0.15) is 19.8 Å². The molecule has 13 heavy (non-hydrogen) atoms. The molecule has 1 rings (SSSR count). The predicted molar refractivity (Wildman–Crippen MR) is 52.1 cm³/mol. The number of rotatable bonds is 3. The molecule has 1 amide bonds. The third-order valence-corrected chi connectivity index (χ3v) is 2.26. The molecule has 3 nitrogen and oxygen atoms in total. The van der Waals surface area contributed by atoms with E-state index in [0.717, 1.165) is 32.5 Å². The van der Waals surface area contributed by atoms with Crippen molar-refractivity contribution in [3.8, 4) is 12.3 Å². The molecule has 1 heterocycles. The van der Waals surface area contributed by atoms with Crippen molar-refractivity contribution in [2.45, 2.75) is 25.8 Å². The molecular weight excluding hydrogens is 164 g/mol. The molecule has 0 radical (unpaired) electrons. The molecule has 1 fully saturated rings. The monoisotopic (exact) mass is 180 g/mol. The Hall–Kier alpha value is -1.01. The summed E-state index contributed by atoms with van der Waals surface area (Å²) >= 11 is 0. The second-order valence-electron chi connectivity index (χ2n) is 3.31. The second-order valence-corrected chi connectivity index (χ2v) is 3.31. The van der Waals surface area contributed by atoms with E-state index < -0.39 is 0 Å². The molecule has 0 saturated carbocycles. The molecule has 3 heteroatoms. The molecule has 1 atom stereocenters. The van der Waals surface area contributed by atoms with Gasteiger partial charge in [-0.25, -0.2) is 0 Å². The fraction of sp³-hybridized carbons (Fsp3) is 0.700. The van der Waals surface area contributed by atoms with Gasteiger partial charge in [0.05, 0.1) is 6.04 Å². The third-order valence-electron chi connectivity index (χ3n) is 2.26. The van der Waals surface area contributed by atoms with Gasteiger partial charge in [-0.3, -0.25) is 4.79 Å². The minimum atomic E-state index is -0.0282. The molecule has 1 saturated heterocycles. The van der Waals surface area contributed by atoms with Gasteiger partial charge >= 0.3 is 0 Å². The zero-order valence-corrected chi connectivity index (χ0v) is 8.05. The summed E-state index contributed by atoms with van der Waals surface area (Å²) in [6.45, 7) is 4.40. The van der Waals surface area contributed by atoms with Gasteiger partial charge in [-0.05, 0) is 13.3 Å². The zero-order chi connectivity index (χ0) is 9.68. The van der Waals surface area contributed by atoms with Gasteiger partial charge in [-0.1, -0.05) is 0 Å². The summed E-state index contributed by atoms with van der Waals surface area (Å²) < 4.78 is 0. The van der Waals surface area contributed by atoms with Gasteiger partial charge in [0.2, 0.25) is 5.91 Å². The molecule has 0 aliphatic carbocycles. The topological polar surface area (TPSA) is 32.3 Å². The lowest BCUT2D eigenvalue weighted by Gasteiger charge is -2.31. The number of terminal acetylenes is 1. The standard InChI is InChI=1S/C10H16N2O/c1-3-4-5-7-12-8-6-11-9(2)10(12)13/h1,9,11H,4-8H2,2H3. The van der Waals surface area contributed by atoms with Gasteiger partial charge < -0.3 is 10.2 Å². The van der Waals surface area contributed by atoms with Crippen molar-refractivity contribution in [3.05, 3.63) is 0 Å². The van der Waals surface area contributed by atoms with Crippen molar-refractivity contribution in [1.29, 1.82) is 0 Å².